The number of nitrogens with zero attached hydrogens (tertiary/aromatic N) is 2. The summed E-state index contributed by atoms with van der Waals surface area (Å²) in [6.07, 6.45) is 3.50. The van der Waals surface area contributed by atoms with Crippen LogP contribution in [0.4, 0.5) is 0 Å². The average Bonchev–Trinajstić information content (AvgIpc) is 3.22. The number of hydrogen-bond acceptors (Lipinski definition) is 3. The number of nitrogens with one attached hydrogen (secondary N) is 1. The largest absolute Gasteiger partial charge is 0.494 e. The Bertz CT molecular complexity index is 1230. The Labute approximate surface area is 205 Å². The van der Waals surface area contributed by atoms with Crippen LogP contribution >= 0.6 is 11.6 Å². The molecule has 0 aliphatic heterocycles. The number of ether oxygens (including phenoxy) is 1. The van der Waals surface area contributed by atoms with Crippen LogP contribution in [0.25, 0.3) is 11.0 Å². The number of hydrogen-bond donors (Lipinski definition) is 1. The molecule has 0 aliphatic carbocycles. The van der Waals surface area contributed by atoms with E-state index in [4.69, 9.17) is 21.3 Å². The number of aryl methyl sites for hydroxylation is 3. The van der Waals surface area contributed by atoms with Crippen molar-refractivity contribution >= 4 is 28.5 Å². The van der Waals surface area contributed by atoms with Gasteiger partial charge < -0.3 is 14.6 Å². The van der Waals surface area contributed by atoms with Crippen molar-refractivity contribution in [3.8, 4) is 5.75 Å². The zero-order chi connectivity index (χ0) is 23.8. The Morgan fingerprint density at radius 2 is 1.85 bits per heavy atom. The van der Waals surface area contributed by atoms with E-state index in [9.17, 15) is 4.79 Å². The third kappa shape index (κ3) is 6.17. The number of fused-ring (bicyclic) bond motifs is 1. The third-order valence-electron chi connectivity index (χ3n) is 5.81. The average molecular weight is 476 g/mol. The Balaban J connectivity index is 1.31. The summed E-state index contributed by atoms with van der Waals surface area (Å²) in [5, 5.41) is 3.53. The summed E-state index contributed by atoms with van der Waals surface area (Å²) >= 11 is 5.99. The first-order valence-electron chi connectivity index (χ1n) is 11.8. The van der Waals surface area contributed by atoms with Gasteiger partial charge in [-0.1, -0.05) is 48.9 Å². The number of para-hydroxylation sites is 2. The minimum Gasteiger partial charge on any atom is -0.494 e. The van der Waals surface area contributed by atoms with E-state index in [1.807, 2.05) is 30.3 Å². The fraction of sp³-hybridized carbons (Fsp3) is 0.286. The molecule has 3 aromatic carbocycles. The van der Waals surface area contributed by atoms with Crippen molar-refractivity contribution in [2.75, 3.05) is 13.2 Å². The van der Waals surface area contributed by atoms with Gasteiger partial charge in [0.25, 0.3) is 5.91 Å². The summed E-state index contributed by atoms with van der Waals surface area (Å²) in [4.78, 5) is 17.2. The Kier molecular flexibility index (Phi) is 8.21. The van der Waals surface area contributed by atoms with Gasteiger partial charge in [0.1, 0.15) is 11.6 Å². The van der Waals surface area contributed by atoms with Crippen molar-refractivity contribution in [3.05, 3.63) is 94.8 Å². The second-order valence-electron chi connectivity index (χ2n) is 8.24. The number of carbonyl (C=O) groups excluding carboxylic acids is 1. The van der Waals surface area contributed by atoms with Crippen molar-refractivity contribution in [2.24, 2.45) is 0 Å². The van der Waals surface area contributed by atoms with E-state index in [0.29, 0.717) is 23.7 Å². The van der Waals surface area contributed by atoms with Gasteiger partial charge in [-0.25, -0.2) is 4.98 Å². The molecule has 34 heavy (non-hydrogen) atoms. The van der Waals surface area contributed by atoms with Gasteiger partial charge >= 0.3 is 0 Å². The molecule has 0 bridgehead atoms. The first-order chi connectivity index (χ1) is 16.6. The van der Waals surface area contributed by atoms with Crippen molar-refractivity contribution in [1.29, 1.82) is 0 Å². The predicted octanol–water partition coefficient (Wildman–Crippen LogP) is 6.08. The summed E-state index contributed by atoms with van der Waals surface area (Å²) < 4.78 is 8.22. The predicted molar refractivity (Wildman–Crippen MR) is 138 cm³/mol. The fourth-order valence-electron chi connectivity index (χ4n) is 3.98. The molecule has 1 heterocycles. The van der Waals surface area contributed by atoms with E-state index in [1.54, 1.807) is 24.3 Å². The highest BCUT2D eigenvalue weighted by atomic mass is 35.5. The van der Waals surface area contributed by atoms with Crippen molar-refractivity contribution in [3.63, 3.8) is 0 Å². The normalized spacial score (nSPS) is 11.0. The highest BCUT2D eigenvalue weighted by molar-refractivity contribution is 6.30. The first kappa shape index (κ1) is 23.8. The molecule has 1 aromatic heterocycles. The zero-order valence-corrected chi connectivity index (χ0v) is 20.2. The van der Waals surface area contributed by atoms with Gasteiger partial charge in [-0.2, -0.15) is 0 Å². The van der Waals surface area contributed by atoms with Crippen molar-refractivity contribution < 1.29 is 9.53 Å². The Morgan fingerprint density at radius 3 is 2.65 bits per heavy atom. The molecule has 0 radical (unpaired) electrons. The van der Waals surface area contributed by atoms with Crippen LogP contribution in [0.2, 0.25) is 5.02 Å². The van der Waals surface area contributed by atoms with Crippen LogP contribution in [0.5, 0.6) is 5.75 Å². The van der Waals surface area contributed by atoms with Gasteiger partial charge in [-0.15, -0.1) is 0 Å². The summed E-state index contributed by atoms with van der Waals surface area (Å²) in [6.45, 7) is 4.20. The van der Waals surface area contributed by atoms with Crippen molar-refractivity contribution in [2.45, 2.75) is 39.2 Å². The maximum atomic E-state index is 12.3. The van der Waals surface area contributed by atoms with Crippen molar-refractivity contribution in [1.82, 2.24) is 14.9 Å². The molecular formula is C28H30ClN3O2. The summed E-state index contributed by atoms with van der Waals surface area (Å²) in [7, 11) is 0. The lowest BCUT2D eigenvalue weighted by molar-refractivity contribution is 0.0953. The Hall–Kier alpha value is -3.31. The lowest BCUT2D eigenvalue weighted by Crippen LogP contribution is -2.25. The molecule has 0 unspecified atom stereocenters. The van der Waals surface area contributed by atoms with Crippen LogP contribution in [0.15, 0.2) is 72.8 Å². The second kappa shape index (κ2) is 11.7. The van der Waals surface area contributed by atoms with E-state index in [2.05, 4.69) is 35.0 Å². The monoisotopic (exact) mass is 475 g/mol. The van der Waals surface area contributed by atoms with Crippen LogP contribution in [0, 0.1) is 0 Å². The molecule has 5 nitrogen and oxygen atoms in total. The molecule has 4 aromatic rings. The second-order valence-corrected chi connectivity index (χ2v) is 8.67. The molecule has 0 saturated carbocycles. The van der Waals surface area contributed by atoms with Gasteiger partial charge in [0.2, 0.25) is 0 Å². The number of imidazole rings is 1. The standard InChI is InChI=1S/C28H30ClN3O2/c1-2-21-13-15-24(16-14-21)34-19-7-18-32-26-11-4-3-10-25(26)31-27(32)12-6-17-30-28(33)22-8-5-9-23(29)20-22/h3-5,8-11,13-16,20H,2,6-7,12,17-19H2,1H3,(H,30,33). The van der Waals surface area contributed by atoms with Crippen LogP contribution in [0.1, 0.15) is 41.5 Å². The SMILES string of the molecule is CCc1ccc(OCCCn2c(CCCNC(=O)c3cccc(Cl)c3)nc3ccccc32)cc1. The maximum Gasteiger partial charge on any atom is 0.251 e. The molecule has 0 fully saturated rings. The molecule has 0 saturated heterocycles. The summed E-state index contributed by atoms with van der Waals surface area (Å²) in [6, 6.07) is 23.5. The zero-order valence-electron chi connectivity index (χ0n) is 19.5. The number of benzene rings is 3. The van der Waals surface area contributed by atoms with Gasteiger partial charge in [-0.3, -0.25) is 4.79 Å². The third-order valence-corrected chi connectivity index (χ3v) is 6.04. The lowest BCUT2D eigenvalue weighted by atomic mass is 10.2. The van der Waals surface area contributed by atoms with Crippen LogP contribution in [-0.4, -0.2) is 28.6 Å². The molecule has 6 heteroatoms. The van der Waals surface area contributed by atoms with Gasteiger partial charge in [-0.05, 0) is 67.3 Å². The molecule has 0 spiro atoms. The van der Waals surface area contributed by atoms with Crippen LogP contribution < -0.4 is 10.1 Å². The summed E-state index contributed by atoms with van der Waals surface area (Å²) in [5.41, 5.74) is 4.01. The number of aromatic nitrogens is 2. The molecule has 0 aliphatic rings. The molecule has 4 rings (SSSR count). The maximum absolute atomic E-state index is 12.3. The molecule has 1 N–H and O–H groups in total. The Morgan fingerprint density at radius 1 is 1.03 bits per heavy atom. The van der Waals surface area contributed by atoms with E-state index < -0.39 is 0 Å². The molecular weight excluding hydrogens is 446 g/mol. The highest BCUT2D eigenvalue weighted by Gasteiger charge is 2.11. The fourth-order valence-corrected chi connectivity index (χ4v) is 4.17. The highest BCUT2D eigenvalue weighted by Crippen LogP contribution is 2.18. The molecule has 1 amide bonds. The number of amides is 1. The van der Waals surface area contributed by atoms with E-state index in [0.717, 1.165) is 54.8 Å². The van der Waals surface area contributed by atoms with Gasteiger partial charge in [0.05, 0.1) is 17.6 Å². The molecule has 176 valence electrons. The summed E-state index contributed by atoms with van der Waals surface area (Å²) in [5.74, 6) is 1.83. The van der Waals surface area contributed by atoms with E-state index >= 15 is 0 Å². The number of halogens is 1. The minimum absolute atomic E-state index is 0.111. The first-order valence-corrected chi connectivity index (χ1v) is 12.2. The molecule has 0 atom stereocenters. The quantitative estimate of drug-likeness (QED) is 0.267. The van der Waals surface area contributed by atoms with Gasteiger partial charge in [0, 0.05) is 30.1 Å². The van der Waals surface area contributed by atoms with Crippen LogP contribution in [-0.2, 0) is 19.4 Å². The minimum atomic E-state index is -0.111. The smallest absolute Gasteiger partial charge is 0.251 e. The van der Waals surface area contributed by atoms with Gasteiger partial charge in [0.15, 0.2) is 0 Å². The number of carbonyl (C=O) groups is 1. The van der Waals surface area contributed by atoms with Crippen LogP contribution in [0.3, 0.4) is 0 Å². The van der Waals surface area contributed by atoms with E-state index in [1.165, 1.54) is 5.56 Å². The topological polar surface area (TPSA) is 56.1 Å². The lowest BCUT2D eigenvalue weighted by Gasteiger charge is -2.11. The van der Waals surface area contributed by atoms with E-state index in [-0.39, 0.29) is 5.91 Å². The number of rotatable bonds is 11.